The average Bonchev–Trinajstić information content (AvgIpc) is 3.40. The van der Waals surface area contributed by atoms with E-state index in [9.17, 15) is 4.79 Å². The van der Waals surface area contributed by atoms with E-state index in [1.807, 2.05) is 23.3 Å². The SMILES string of the molecule is Cc1nc(Nc2nccs2)cc([C@H]2CCN(C(=O)/C=C/c3cnc[nH]3)C2)n1. The predicted octanol–water partition coefficient (Wildman–Crippen LogP) is 2.74. The van der Waals surface area contributed by atoms with Crippen LogP contribution in [0.15, 0.2) is 36.2 Å². The van der Waals surface area contributed by atoms with E-state index >= 15 is 0 Å². The molecule has 0 unspecified atom stereocenters. The van der Waals surface area contributed by atoms with E-state index in [0.29, 0.717) is 12.4 Å². The molecule has 1 amide bonds. The third-order valence-corrected chi connectivity index (χ3v) is 5.06. The lowest BCUT2D eigenvalue weighted by atomic mass is 10.0. The van der Waals surface area contributed by atoms with Gasteiger partial charge in [0.25, 0.3) is 0 Å². The number of aromatic amines is 1. The fourth-order valence-electron chi connectivity index (χ4n) is 3.08. The number of rotatable bonds is 5. The van der Waals surface area contributed by atoms with Crippen LogP contribution in [-0.4, -0.2) is 48.8 Å². The van der Waals surface area contributed by atoms with Gasteiger partial charge in [-0.15, -0.1) is 11.3 Å². The first-order valence-corrected chi connectivity index (χ1v) is 9.53. The monoisotopic (exact) mass is 381 g/mol. The molecule has 1 fully saturated rings. The molecule has 4 heterocycles. The Morgan fingerprint density at radius 1 is 1.44 bits per heavy atom. The third-order valence-electron chi connectivity index (χ3n) is 4.37. The summed E-state index contributed by atoms with van der Waals surface area (Å²) in [7, 11) is 0. The summed E-state index contributed by atoms with van der Waals surface area (Å²) in [6.07, 6.45) is 9.22. The van der Waals surface area contributed by atoms with Gasteiger partial charge >= 0.3 is 0 Å². The van der Waals surface area contributed by atoms with Crippen molar-refractivity contribution in [2.45, 2.75) is 19.3 Å². The number of likely N-dealkylation sites (tertiary alicyclic amines) is 1. The van der Waals surface area contributed by atoms with Gasteiger partial charge in [-0.2, -0.15) is 0 Å². The van der Waals surface area contributed by atoms with E-state index in [2.05, 4.69) is 30.2 Å². The molecule has 1 saturated heterocycles. The summed E-state index contributed by atoms with van der Waals surface area (Å²) in [4.78, 5) is 34.4. The third kappa shape index (κ3) is 4.20. The molecule has 0 aromatic carbocycles. The lowest BCUT2D eigenvalue weighted by Gasteiger charge is -2.15. The number of imidazole rings is 1. The van der Waals surface area contributed by atoms with Crippen LogP contribution >= 0.6 is 11.3 Å². The van der Waals surface area contributed by atoms with Gasteiger partial charge in [0.05, 0.1) is 23.9 Å². The second-order valence-corrected chi connectivity index (χ2v) is 7.19. The summed E-state index contributed by atoms with van der Waals surface area (Å²) in [6.45, 7) is 3.25. The van der Waals surface area contributed by atoms with Crippen molar-refractivity contribution in [1.29, 1.82) is 0 Å². The minimum atomic E-state index is -0.000915. The molecule has 1 atom stereocenters. The van der Waals surface area contributed by atoms with Crippen LogP contribution in [0.5, 0.6) is 0 Å². The Morgan fingerprint density at radius 2 is 2.37 bits per heavy atom. The van der Waals surface area contributed by atoms with Crippen LogP contribution in [0.2, 0.25) is 0 Å². The van der Waals surface area contributed by atoms with Crippen molar-refractivity contribution in [2.24, 2.45) is 0 Å². The van der Waals surface area contributed by atoms with E-state index < -0.39 is 0 Å². The summed E-state index contributed by atoms with van der Waals surface area (Å²) >= 11 is 1.52. The summed E-state index contributed by atoms with van der Waals surface area (Å²) in [5.41, 5.74) is 1.76. The smallest absolute Gasteiger partial charge is 0.246 e. The number of aromatic nitrogens is 5. The Morgan fingerprint density at radius 3 is 3.15 bits per heavy atom. The number of hydrogen-bond acceptors (Lipinski definition) is 7. The number of anilines is 2. The highest BCUT2D eigenvalue weighted by Gasteiger charge is 2.27. The van der Waals surface area contributed by atoms with Gasteiger partial charge in [0.1, 0.15) is 11.6 Å². The second kappa shape index (κ2) is 7.67. The van der Waals surface area contributed by atoms with Crippen molar-refractivity contribution in [1.82, 2.24) is 29.8 Å². The zero-order valence-electron chi connectivity index (χ0n) is 14.8. The molecule has 9 heteroatoms. The van der Waals surface area contributed by atoms with Crippen LogP contribution in [0.25, 0.3) is 6.08 Å². The average molecular weight is 381 g/mol. The summed E-state index contributed by atoms with van der Waals surface area (Å²) in [6, 6.07) is 1.95. The van der Waals surface area contributed by atoms with Gasteiger partial charge in [-0.1, -0.05) is 0 Å². The molecule has 0 aliphatic carbocycles. The second-order valence-electron chi connectivity index (χ2n) is 6.30. The van der Waals surface area contributed by atoms with Gasteiger partial charge in [-0.05, 0) is 19.4 Å². The van der Waals surface area contributed by atoms with E-state index in [4.69, 9.17) is 0 Å². The highest BCUT2D eigenvalue weighted by Crippen LogP contribution is 2.28. The molecule has 3 aromatic rings. The molecular weight excluding hydrogens is 362 g/mol. The Kier molecular flexibility index (Phi) is 4.93. The lowest BCUT2D eigenvalue weighted by Crippen LogP contribution is -2.26. The molecule has 0 saturated carbocycles. The van der Waals surface area contributed by atoms with E-state index in [0.717, 1.165) is 35.3 Å². The Bertz CT molecular complexity index is 937. The van der Waals surface area contributed by atoms with Crippen LogP contribution in [0.3, 0.4) is 0 Å². The van der Waals surface area contributed by atoms with E-state index in [-0.39, 0.29) is 11.8 Å². The Balaban J connectivity index is 1.43. The summed E-state index contributed by atoms with van der Waals surface area (Å²) in [5.74, 6) is 1.64. The van der Waals surface area contributed by atoms with Gasteiger partial charge in [-0.3, -0.25) is 4.79 Å². The van der Waals surface area contributed by atoms with Crippen LogP contribution in [0.4, 0.5) is 10.9 Å². The van der Waals surface area contributed by atoms with Gasteiger partial charge < -0.3 is 15.2 Å². The van der Waals surface area contributed by atoms with Crippen LogP contribution in [0.1, 0.15) is 29.6 Å². The van der Waals surface area contributed by atoms with Crippen molar-refractivity contribution in [2.75, 3.05) is 18.4 Å². The minimum Gasteiger partial charge on any atom is -0.345 e. The van der Waals surface area contributed by atoms with E-state index in [1.165, 1.54) is 11.3 Å². The van der Waals surface area contributed by atoms with Crippen molar-refractivity contribution in [3.63, 3.8) is 0 Å². The number of amides is 1. The quantitative estimate of drug-likeness (QED) is 0.659. The van der Waals surface area contributed by atoms with Crippen LogP contribution < -0.4 is 5.32 Å². The summed E-state index contributed by atoms with van der Waals surface area (Å²) in [5, 5.41) is 5.92. The summed E-state index contributed by atoms with van der Waals surface area (Å²) < 4.78 is 0. The maximum atomic E-state index is 12.4. The number of carbonyl (C=O) groups excluding carboxylic acids is 1. The van der Waals surface area contributed by atoms with Crippen molar-refractivity contribution in [3.8, 4) is 0 Å². The number of hydrogen-bond donors (Lipinski definition) is 2. The highest BCUT2D eigenvalue weighted by atomic mass is 32.1. The molecule has 0 bridgehead atoms. The molecule has 4 rings (SSSR count). The van der Waals surface area contributed by atoms with Gasteiger partial charge in [0.15, 0.2) is 5.13 Å². The number of thiazole rings is 1. The predicted molar refractivity (Wildman–Crippen MR) is 104 cm³/mol. The first-order chi connectivity index (χ1) is 13.2. The molecule has 1 aliphatic heterocycles. The number of aryl methyl sites for hydroxylation is 1. The van der Waals surface area contributed by atoms with E-state index in [1.54, 1.807) is 30.9 Å². The van der Waals surface area contributed by atoms with Gasteiger partial charge in [0.2, 0.25) is 5.91 Å². The first kappa shape index (κ1) is 17.3. The fraction of sp³-hybridized carbons (Fsp3) is 0.278. The zero-order chi connectivity index (χ0) is 18.6. The molecule has 1 aliphatic rings. The normalized spacial score (nSPS) is 16.9. The number of nitrogens with zero attached hydrogens (tertiary/aromatic N) is 5. The van der Waals surface area contributed by atoms with Crippen LogP contribution in [-0.2, 0) is 4.79 Å². The Hall–Kier alpha value is -3.07. The largest absolute Gasteiger partial charge is 0.345 e. The molecule has 138 valence electrons. The molecule has 8 nitrogen and oxygen atoms in total. The number of H-pyrrole nitrogens is 1. The number of carbonyl (C=O) groups is 1. The maximum absolute atomic E-state index is 12.4. The van der Waals surface area contributed by atoms with Crippen LogP contribution in [0, 0.1) is 6.92 Å². The zero-order valence-corrected chi connectivity index (χ0v) is 15.6. The van der Waals surface area contributed by atoms with Gasteiger partial charge in [-0.25, -0.2) is 19.9 Å². The topological polar surface area (TPSA) is 99.7 Å². The standard InChI is InChI=1S/C18H19N7OS/c1-12-22-15(8-16(23-12)24-18-20-5-7-27-18)13-4-6-25(10-13)17(26)3-2-14-9-19-11-21-14/h2-3,5,7-9,11,13H,4,6,10H2,1H3,(H,19,21)(H,20,22,23,24)/b3-2+/t13-/m0/s1. The molecular formula is C18H19N7OS. The number of nitrogens with one attached hydrogen (secondary N) is 2. The Labute approximate surface area is 160 Å². The minimum absolute atomic E-state index is 0.000915. The maximum Gasteiger partial charge on any atom is 0.246 e. The fourth-order valence-corrected chi connectivity index (χ4v) is 3.62. The first-order valence-electron chi connectivity index (χ1n) is 8.65. The van der Waals surface area contributed by atoms with Gasteiger partial charge in [0, 0.05) is 42.7 Å². The van der Waals surface area contributed by atoms with Crippen molar-refractivity contribution in [3.05, 3.63) is 53.5 Å². The molecule has 2 N–H and O–H groups in total. The highest BCUT2D eigenvalue weighted by molar-refractivity contribution is 7.13. The lowest BCUT2D eigenvalue weighted by molar-refractivity contribution is -0.124. The van der Waals surface area contributed by atoms with Crippen molar-refractivity contribution < 1.29 is 4.79 Å². The van der Waals surface area contributed by atoms with Crippen molar-refractivity contribution >= 4 is 34.3 Å². The molecule has 0 radical (unpaired) electrons. The molecule has 3 aromatic heterocycles. The molecule has 0 spiro atoms. The molecule has 27 heavy (non-hydrogen) atoms.